The second-order valence-corrected chi connectivity index (χ2v) is 9.94. The summed E-state index contributed by atoms with van der Waals surface area (Å²) in [5.41, 5.74) is -0.958. The van der Waals surface area contributed by atoms with Crippen molar-refractivity contribution < 1.29 is 22.7 Å². The van der Waals surface area contributed by atoms with Crippen LogP contribution < -0.4 is 4.90 Å². The SMILES string of the molecule is CC1CN(c2nccc3c2c(C(F)(F)F)cn3-c2cc(C#N)ccn2)C(C)CN1C(=O)OC(C)(C)C. The van der Waals surface area contributed by atoms with Crippen LogP contribution >= 0.6 is 0 Å². The Balaban J connectivity index is 1.79. The lowest BCUT2D eigenvalue weighted by atomic mass is 10.1. The smallest absolute Gasteiger partial charge is 0.418 e. The number of pyridine rings is 2. The Hall–Kier alpha value is -3.81. The number of ether oxygens (including phenoxy) is 1. The summed E-state index contributed by atoms with van der Waals surface area (Å²) >= 11 is 0. The van der Waals surface area contributed by atoms with Crippen LogP contribution in [-0.4, -0.2) is 56.3 Å². The van der Waals surface area contributed by atoms with E-state index in [9.17, 15) is 23.2 Å². The van der Waals surface area contributed by atoms with Crippen molar-refractivity contribution >= 4 is 22.8 Å². The summed E-state index contributed by atoms with van der Waals surface area (Å²) in [6, 6.07) is 5.76. The van der Waals surface area contributed by atoms with Gasteiger partial charge in [-0.05, 0) is 52.8 Å². The number of piperazine rings is 1. The first-order valence-electron chi connectivity index (χ1n) is 11.5. The molecule has 3 aromatic rings. The van der Waals surface area contributed by atoms with Gasteiger partial charge in [0, 0.05) is 43.8 Å². The lowest BCUT2D eigenvalue weighted by Crippen LogP contribution is -2.59. The van der Waals surface area contributed by atoms with Crippen molar-refractivity contribution in [3.05, 3.63) is 47.9 Å². The van der Waals surface area contributed by atoms with Crippen LogP contribution in [-0.2, 0) is 10.9 Å². The fourth-order valence-electron chi connectivity index (χ4n) is 4.40. The Morgan fingerprint density at radius 2 is 1.81 bits per heavy atom. The zero-order chi connectivity index (χ0) is 26.4. The molecule has 0 spiro atoms. The van der Waals surface area contributed by atoms with Crippen LogP contribution in [0.4, 0.5) is 23.8 Å². The number of halogens is 3. The minimum atomic E-state index is -4.65. The van der Waals surface area contributed by atoms with Gasteiger partial charge in [0.25, 0.3) is 0 Å². The Kier molecular flexibility index (Phi) is 6.32. The molecule has 4 heterocycles. The summed E-state index contributed by atoms with van der Waals surface area (Å²) in [4.78, 5) is 24.7. The van der Waals surface area contributed by atoms with E-state index in [1.165, 1.54) is 35.2 Å². The molecule has 2 atom stereocenters. The first kappa shape index (κ1) is 25.3. The predicted octanol–water partition coefficient (Wildman–Crippen LogP) is 5.15. The molecule has 0 aromatic carbocycles. The van der Waals surface area contributed by atoms with Gasteiger partial charge in [-0.2, -0.15) is 18.4 Å². The molecule has 0 bridgehead atoms. The number of rotatable bonds is 2. The second kappa shape index (κ2) is 9.00. The van der Waals surface area contributed by atoms with Gasteiger partial charge < -0.3 is 19.1 Å². The molecular weight excluding hydrogens is 473 g/mol. The van der Waals surface area contributed by atoms with Crippen molar-refractivity contribution in [3.8, 4) is 11.9 Å². The summed E-state index contributed by atoms with van der Waals surface area (Å²) in [6.45, 7) is 9.56. The van der Waals surface area contributed by atoms with Crippen LogP contribution in [0.25, 0.3) is 16.7 Å². The molecule has 11 heteroatoms. The highest BCUT2D eigenvalue weighted by Gasteiger charge is 2.40. The molecule has 0 radical (unpaired) electrons. The van der Waals surface area contributed by atoms with Crippen molar-refractivity contribution in [2.45, 2.75) is 58.5 Å². The molecule has 1 fully saturated rings. The van der Waals surface area contributed by atoms with Gasteiger partial charge >= 0.3 is 12.3 Å². The van der Waals surface area contributed by atoms with Gasteiger partial charge in [0.15, 0.2) is 0 Å². The van der Waals surface area contributed by atoms with Gasteiger partial charge in [-0.3, -0.25) is 0 Å². The zero-order valence-corrected chi connectivity index (χ0v) is 20.7. The largest absolute Gasteiger partial charge is 0.444 e. The molecule has 0 saturated carbocycles. The summed E-state index contributed by atoms with van der Waals surface area (Å²) in [6.07, 6.45) is -1.28. The molecule has 4 rings (SSSR count). The number of carbonyl (C=O) groups is 1. The third-order valence-corrected chi connectivity index (χ3v) is 6.01. The molecular formula is C25H27F3N6O2. The number of carbonyl (C=O) groups excluding carboxylic acids is 1. The van der Waals surface area contributed by atoms with Crippen molar-refractivity contribution in [3.63, 3.8) is 0 Å². The van der Waals surface area contributed by atoms with Crippen LogP contribution in [0.15, 0.2) is 36.8 Å². The predicted molar refractivity (Wildman–Crippen MR) is 128 cm³/mol. The van der Waals surface area contributed by atoms with Crippen molar-refractivity contribution in [1.82, 2.24) is 19.4 Å². The molecule has 1 saturated heterocycles. The molecule has 1 aliphatic heterocycles. The van der Waals surface area contributed by atoms with Gasteiger partial charge in [0.2, 0.25) is 0 Å². The standard InChI is InChI=1S/C25H27F3N6O2/c1-15-13-33(23(35)36-24(3,4)5)16(2)12-32(15)22-21-18(25(26,27)28)14-34(19(21)7-9-31-22)20-10-17(11-29)6-8-30-20/h6-10,14-16H,12-13H2,1-5H3. The fraction of sp³-hybridized carbons (Fsp3) is 0.440. The molecule has 0 aliphatic carbocycles. The summed E-state index contributed by atoms with van der Waals surface area (Å²) in [7, 11) is 0. The van der Waals surface area contributed by atoms with E-state index in [2.05, 4.69) is 9.97 Å². The maximum atomic E-state index is 14.2. The summed E-state index contributed by atoms with van der Waals surface area (Å²) < 4.78 is 49.6. The maximum Gasteiger partial charge on any atom is 0.418 e. The van der Waals surface area contributed by atoms with Crippen molar-refractivity contribution in [2.75, 3.05) is 18.0 Å². The van der Waals surface area contributed by atoms with Gasteiger partial charge in [0.05, 0.1) is 28.1 Å². The van der Waals surface area contributed by atoms with Crippen LogP contribution in [0.2, 0.25) is 0 Å². The highest BCUT2D eigenvalue weighted by Crippen LogP contribution is 2.41. The number of anilines is 1. The summed E-state index contributed by atoms with van der Waals surface area (Å²) in [5, 5.41) is 9.17. The monoisotopic (exact) mass is 500 g/mol. The van der Waals surface area contributed by atoms with Gasteiger partial charge in [-0.15, -0.1) is 0 Å². The van der Waals surface area contributed by atoms with Crippen molar-refractivity contribution in [2.24, 2.45) is 0 Å². The van der Waals surface area contributed by atoms with Gasteiger partial charge in [-0.1, -0.05) is 0 Å². The topological polar surface area (TPSA) is 87.3 Å². The Morgan fingerprint density at radius 1 is 1.11 bits per heavy atom. The zero-order valence-electron chi connectivity index (χ0n) is 20.7. The number of hydrogen-bond acceptors (Lipinski definition) is 6. The van der Waals surface area contributed by atoms with Crippen LogP contribution in [0, 0.1) is 11.3 Å². The number of nitrogens with zero attached hydrogens (tertiary/aromatic N) is 6. The second-order valence-electron chi connectivity index (χ2n) is 9.94. The lowest BCUT2D eigenvalue weighted by molar-refractivity contribution is -0.136. The fourth-order valence-corrected chi connectivity index (χ4v) is 4.40. The quantitative estimate of drug-likeness (QED) is 0.484. The minimum Gasteiger partial charge on any atom is -0.444 e. The van der Waals surface area contributed by atoms with Gasteiger partial charge in [-0.25, -0.2) is 14.8 Å². The molecule has 1 amide bonds. The average Bonchev–Trinajstić information content (AvgIpc) is 3.20. The van der Waals surface area contributed by atoms with Crippen LogP contribution in [0.5, 0.6) is 0 Å². The molecule has 8 nitrogen and oxygen atoms in total. The number of hydrogen-bond donors (Lipinski definition) is 0. The number of alkyl halides is 3. The molecule has 1 aliphatic rings. The molecule has 2 unspecified atom stereocenters. The Labute approximate surface area is 206 Å². The first-order chi connectivity index (χ1) is 16.8. The third-order valence-electron chi connectivity index (χ3n) is 6.01. The van der Waals surface area contributed by atoms with E-state index in [0.717, 1.165) is 6.20 Å². The normalized spacial score (nSPS) is 18.9. The number of aromatic nitrogens is 3. The van der Waals surface area contributed by atoms with Gasteiger partial charge in [0.1, 0.15) is 17.2 Å². The number of fused-ring (bicyclic) bond motifs is 1. The van der Waals surface area contributed by atoms with E-state index in [1.54, 1.807) is 30.6 Å². The third kappa shape index (κ3) is 4.80. The highest BCUT2D eigenvalue weighted by atomic mass is 19.4. The van der Waals surface area contributed by atoms with E-state index >= 15 is 0 Å². The van der Waals surface area contributed by atoms with Crippen molar-refractivity contribution in [1.29, 1.82) is 5.26 Å². The van der Waals surface area contributed by atoms with E-state index in [-0.39, 0.29) is 53.3 Å². The molecule has 0 N–H and O–H groups in total. The lowest BCUT2D eigenvalue weighted by Gasteiger charge is -2.44. The highest BCUT2D eigenvalue weighted by molar-refractivity contribution is 5.95. The number of nitriles is 1. The molecule has 36 heavy (non-hydrogen) atoms. The first-order valence-corrected chi connectivity index (χ1v) is 11.5. The van der Waals surface area contributed by atoms with E-state index < -0.39 is 23.4 Å². The molecule has 190 valence electrons. The van der Waals surface area contributed by atoms with E-state index in [0.29, 0.717) is 0 Å². The minimum absolute atomic E-state index is 0.0565. The summed E-state index contributed by atoms with van der Waals surface area (Å²) in [5.74, 6) is 0.376. The maximum absolute atomic E-state index is 14.2. The van der Waals surface area contributed by atoms with Crippen LogP contribution in [0.1, 0.15) is 45.7 Å². The molecule has 3 aromatic heterocycles. The average molecular weight is 501 g/mol. The Morgan fingerprint density at radius 3 is 2.44 bits per heavy atom. The Bertz CT molecular complexity index is 1340. The number of amides is 1. The van der Waals surface area contributed by atoms with E-state index in [4.69, 9.17) is 4.74 Å². The van der Waals surface area contributed by atoms with Crippen LogP contribution in [0.3, 0.4) is 0 Å². The van der Waals surface area contributed by atoms with E-state index in [1.807, 2.05) is 19.9 Å².